The predicted octanol–water partition coefficient (Wildman–Crippen LogP) is 2.21. The van der Waals surface area contributed by atoms with E-state index in [0.717, 1.165) is 29.8 Å². The van der Waals surface area contributed by atoms with E-state index in [1.165, 1.54) is 10.6 Å². The molecule has 9 heteroatoms. The van der Waals surface area contributed by atoms with Gasteiger partial charge in [-0.15, -0.1) is 0 Å². The van der Waals surface area contributed by atoms with Crippen LogP contribution in [0.2, 0.25) is 0 Å². The Kier molecular flexibility index (Phi) is 7.51. The number of ether oxygens (including phenoxy) is 1. The molecule has 1 fully saturated rings. The number of carbonyl (C=O) groups excluding carboxylic acids is 1. The Bertz CT molecular complexity index is 1000. The van der Waals surface area contributed by atoms with Gasteiger partial charge in [-0.05, 0) is 44.4 Å². The fourth-order valence-electron chi connectivity index (χ4n) is 4.28. The smallest absolute Gasteiger partial charge is 0.255 e. The van der Waals surface area contributed by atoms with Gasteiger partial charge in [0, 0.05) is 63.1 Å². The lowest BCUT2D eigenvalue weighted by Gasteiger charge is -2.38. The molecule has 0 spiro atoms. The van der Waals surface area contributed by atoms with Crippen molar-refractivity contribution in [1.82, 2.24) is 18.8 Å². The Balaban J connectivity index is 1.79. The highest BCUT2D eigenvalue weighted by Gasteiger charge is 2.33. The molecule has 1 amide bonds. The number of nitrogens with zero attached hydrogens (tertiary/aromatic N) is 4. The van der Waals surface area contributed by atoms with E-state index in [2.05, 4.69) is 9.55 Å². The first kappa shape index (κ1) is 23.4. The molecule has 0 radical (unpaired) electrons. The monoisotopic (exact) mass is 448 g/mol. The quantitative estimate of drug-likeness (QED) is 0.618. The average molecular weight is 449 g/mol. The maximum absolute atomic E-state index is 13.3. The molecule has 0 aromatic carbocycles. The molecule has 0 saturated carbocycles. The van der Waals surface area contributed by atoms with Crippen LogP contribution in [0.4, 0.5) is 0 Å². The Morgan fingerprint density at radius 1 is 1.35 bits per heavy atom. The minimum absolute atomic E-state index is 0.0451. The maximum Gasteiger partial charge on any atom is 0.255 e. The summed E-state index contributed by atoms with van der Waals surface area (Å²) in [5, 5.41) is 0. The van der Waals surface area contributed by atoms with E-state index in [1.807, 2.05) is 26.0 Å². The predicted molar refractivity (Wildman–Crippen MR) is 119 cm³/mol. The normalized spacial score (nSPS) is 17.3. The van der Waals surface area contributed by atoms with Gasteiger partial charge in [-0.25, -0.2) is 8.42 Å². The molecule has 2 aromatic rings. The van der Waals surface area contributed by atoms with Crippen molar-refractivity contribution >= 4 is 15.9 Å². The second kappa shape index (κ2) is 9.93. The molecule has 3 rings (SSSR count). The Hall–Kier alpha value is -2.23. The van der Waals surface area contributed by atoms with Crippen molar-refractivity contribution in [2.75, 3.05) is 33.1 Å². The van der Waals surface area contributed by atoms with E-state index >= 15 is 0 Å². The van der Waals surface area contributed by atoms with Crippen molar-refractivity contribution in [3.8, 4) is 0 Å². The SMILES string of the molecule is COCCn1c(C)cc(C(=O)N2CCCC(N(Cc3cccnc3)S(C)(=O)=O)C2)c1C. The highest BCUT2D eigenvalue weighted by molar-refractivity contribution is 7.88. The van der Waals surface area contributed by atoms with E-state index in [-0.39, 0.29) is 18.5 Å². The van der Waals surface area contributed by atoms with Crippen molar-refractivity contribution in [3.05, 3.63) is 53.1 Å². The van der Waals surface area contributed by atoms with Crippen LogP contribution in [0, 0.1) is 13.8 Å². The minimum atomic E-state index is -3.45. The summed E-state index contributed by atoms with van der Waals surface area (Å²) < 4.78 is 33.9. The second-order valence-corrected chi connectivity index (χ2v) is 10.1. The van der Waals surface area contributed by atoms with Gasteiger partial charge in [-0.3, -0.25) is 9.78 Å². The van der Waals surface area contributed by atoms with E-state index in [9.17, 15) is 13.2 Å². The van der Waals surface area contributed by atoms with Gasteiger partial charge < -0.3 is 14.2 Å². The number of methoxy groups -OCH3 is 1. The van der Waals surface area contributed by atoms with Gasteiger partial charge in [0.2, 0.25) is 10.0 Å². The molecule has 0 aliphatic carbocycles. The number of aromatic nitrogens is 2. The van der Waals surface area contributed by atoms with Crippen molar-refractivity contribution in [3.63, 3.8) is 0 Å². The molecule has 1 aliphatic heterocycles. The zero-order chi connectivity index (χ0) is 22.6. The topological polar surface area (TPSA) is 84.7 Å². The number of aryl methyl sites for hydroxylation is 1. The van der Waals surface area contributed by atoms with Crippen molar-refractivity contribution in [1.29, 1.82) is 0 Å². The van der Waals surface area contributed by atoms with Crippen LogP contribution in [-0.2, 0) is 27.8 Å². The van der Waals surface area contributed by atoms with E-state index in [4.69, 9.17) is 4.74 Å². The standard InChI is InChI=1S/C22H32N4O4S/c1-17-13-21(18(2)25(17)11-12-30-3)22(27)24-10-6-8-20(16-24)26(31(4,28)29)15-19-7-5-9-23-14-19/h5,7,9,13-14,20H,6,8,10-12,15-16H2,1-4H3. The molecular weight excluding hydrogens is 416 g/mol. The van der Waals surface area contributed by atoms with Gasteiger partial charge in [0.25, 0.3) is 5.91 Å². The third-order valence-electron chi connectivity index (χ3n) is 5.90. The molecule has 31 heavy (non-hydrogen) atoms. The first-order valence-electron chi connectivity index (χ1n) is 10.5. The van der Waals surface area contributed by atoms with E-state index in [1.54, 1.807) is 30.5 Å². The molecule has 0 bridgehead atoms. The molecule has 1 unspecified atom stereocenters. The van der Waals surface area contributed by atoms with Crippen LogP contribution in [0.5, 0.6) is 0 Å². The number of rotatable bonds is 8. The number of hydrogen-bond donors (Lipinski definition) is 0. The summed E-state index contributed by atoms with van der Waals surface area (Å²) in [5.41, 5.74) is 3.43. The summed E-state index contributed by atoms with van der Waals surface area (Å²) >= 11 is 0. The number of amides is 1. The van der Waals surface area contributed by atoms with Crippen molar-refractivity contribution in [2.45, 2.75) is 45.8 Å². The number of hydrogen-bond acceptors (Lipinski definition) is 5. The number of likely N-dealkylation sites (tertiary alicyclic amines) is 1. The van der Waals surface area contributed by atoms with Crippen LogP contribution in [0.25, 0.3) is 0 Å². The highest BCUT2D eigenvalue weighted by Crippen LogP contribution is 2.24. The Morgan fingerprint density at radius 3 is 2.77 bits per heavy atom. The fraction of sp³-hybridized carbons (Fsp3) is 0.545. The second-order valence-electron chi connectivity index (χ2n) is 8.15. The van der Waals surface area contributed by atoms with Gasteiger partial charge >= 0.3 is 0 Å². The van der Waals surface area contributed by atoms with Crippen LogP contribution in [0.15, 0.2) is 30.6 Å². The lowest BCUT2D eigenvalue weighted by molar-refractivity contribution is 0.0649. The lowest BCUT2D eigenvalue weighted by Crippen LogP contribution is -2.51. The summed E-state index contributed by atoms with van der Waals surface area (Å²) in [6.07, 6.45) is 6.06. The van der Waals surface area contributed by atoms with Crippen LogP contribution < -0.4 is 0 Å². The zero-order valence-corrected chi connectivity index (χ0v) is 19.6. The summed E-state index contributed by atoms with van der Waals surface area (Å²) in [4.78, 5) is 19.2. The number of piperidine rings is 1. The number of carbonyl (C=O) groups is 1. The van der Waals surface area contributed by atoms with Gasteiger partial charge in [-0.1, -0.05) is 6.07 Å². The van der Waals surface area contributed by atoms with E-state index < -0.39 is 10.0 Å². The van der Waals surface area contributed by atoms with Crippen molar-refractivity contribution < 1.29 is 17.9 Å². The first-order valence-corrected chi connectivity index (χ1v) is 12.4. The van der Waals surface area contributed by atoms with Crippen molar-refractivity contribution in [2.24, 2.45) is 0 Å². The molecule has 2 aromatic heterocycles. The lowest BCUT2D eigenvalue weighted by atomic mass is 10.0. The summed E-state index contributed by atoms with van der Waals surface area (Å²) in [6, 6.07) is 5.32. The van der Waals surface area contributed by atoms with Gasteiger partial charge in [0.15, 0.2) is 0 Å². The van der Waals surface area contributed by atoms with Crippen LogP contribution in [-0.4, -0.2) is 72.2 Å². The third kappa shape index (κ3) is 5.53. The molecular formula is C22H32N4O4S. The minimum Gasteiger partial charge on any atom is -0.383 e. The van der Waals surface area contributed by atoms with Gasteiger partial charge in [0.1, 0.15) is 0 Å². The first-order chi connectivity index (χ1) is 14.7. The zero-order valence-electron chi connectivity index (χ0n) is 18.7. The van der Waals surface area contributed by atoms with Gasteiger partial charge in [-0.2, -0.15) is 4.31 Å². The highest BCUT2D eigenvalue weighted by atomic mass is 32.2. The molecule has 1 saturated heterocycles. The molecule has 8 nitrogen and oxygen atoms in total. The number of pyridine rings is 1. The number of sulfonamides is 1. The molecule has 3 heterocycles. The largest absolute Gasteiger partial charge is 0.383 e. The summed E-state index contributed by atoms with van der Waals surface area (Å²) in [7, 11) is -1.79. The average Bonchev–Trinajstić information content (AvgIpc) is 3.03. The maximum atomic E-state index is 13.3. The summed E-state index contributed by atoms with van der Waals surface area (Å²) in [6.45, 7) is 6.46. The molecule has 1 aliphatic rings. The molecule has 170 valence electrons. The van der Waals surface area contributed by atoms with Crippen LogP contribution in [0.1, 0.15) is 40.2 Å². The third-order valence-corrected chi connectivity index (χ3v) is 7.18. The molecule has 1 atom stereocenters. The van der Waals surface area contributed by atoms with Crippen LogP contribution >= 0.6 is 0 Å². The Labute approximate surface area is 184 Å². The van der Waals surface area contributed by atoms with Crippen LogP contribution in [0.3, 0.4) is 0 Å². The Morgan fingerprint density at radius 2 is 2.13 bits per heavy atom. The fourth-order valence-corrected chi connectivity index (χ4v) is 5.37. The van der Waals surface area contributed by atoms with Gasteiger partial charge in [0.05, 0.1) is 18.4 Å². The van der Waals surface area contributed by atoms with E-state index in [0.29, 0.717) is 31.8 Å². The molecule has 0 N–H and O–H groups in total. The summed E-state index contributed by atoms with van der Waals surface area (Å²) in [5.74, 6) is -0.0451.